The number of rotatable bonds is 5. The molecule has 2 nitrogen and oxygen atoms in total. The molecule has 0 amide bonds. The molecule has 0 aliphatic rings. The fraction of sp³-hybridized carbons (Fsp3) is 0.0800. The first-order valence-corrected chi connectivity index (χ1v) is 8.95. The van der Waals surface area contributed by atoms with Crippen LogP contribution < -0.4 is 5.73 Å². The van der Waals surface area contributed by atoms with Gasteiger partial charge in [-0.1, -0.05) is 73.3 Å². The molecule has 3 aromatic carbocycles. The third kappa shape index (κ3) is 3.41. The highest BCUT2D eigenvalue weighted by molar-refractivity contribution is 6.12. The Morgan fingerprint density at radius 2 is 1.59 bits per heavy atom. The Morgan fingerprint density at radius 1 is 1.04 bits per heavy atom. The summed E-state index contributed by atoms with van der Waals surface area (Å²) in [6.07, 6.45) is 9.63. The predicted octanol–water partition coefficient (Wildman–Crippen LogP) is 6.05. The van der Waals surface area contributed by atoms with Gasteiger partial charge < -0.3 is 5.73 Å². The topological polar surface area (TPSA) is 49.8 Å². The molecule has 0 atom stereocenters. The second-order valence-electron chi connectivity index (χ2n) is 6.23. The number of benzene rings is 3. The van der Waals surface area contributed by atoms with Crippen molar-refractivity contribution in [3.8, 4) is 6.07 Å². The standard InChI is InChI=1S/C25H22N2/c1-3-19(4-2)25-23-11-7-5-9-20(23)22(14-13-18(17-27)15-16-26)21-10-6-8-12-24(21)25/h3-13,15-16H,1,14,26H2,2H3/b16-15-,18-13+,19-4+. The van der Waals surface area contributed by atoms with E-state index in [9.17, 15) is 5.26 Å². The van der Waals surface area contributed by atoms with Crippen molar-refractivity contribution in [1.82, 2.24) is 0 Å². The average molecular weight is 350 g/mol. The van der Waals surface area contributed by atoms with Gasteiger partial charge in [0.25, 0.3) is 0 Å². The van der Waals surface area contributed by atoms with Crippen molar-refractivity contribution in [2.45, 2.75) is 13.3 Å². The van der Waals surface area contributed by atoms with Gasteiger partial charge in [0.2, 0.25) is 0 Å². The summed E-state index contributed by atoms with van der Waals surface area (Å²) < 4.78 is 0. The molecule has 2 N–H and O–H groups in total. The normalized spacial score (nSPS) is 12.6. The predicted molar refractivity (Wildman–Crippen MR) is 116 cm³/mol. The van der Waals surface area contributed by atoms with E-state index in [0.717, 1.165) is 5.57 Å². The number of nitriles is 1. The van der Waals surface area contributed by atoms with Crippen molar-refractivity contribution in [2.24, 2.45) is 5.73 Å². The third-order valence-electron chi connectivity index (χ3n) is 4.79. The molecule has 0 aromatic heterocycles. The Balaban J connectivity index is 2.40. The van der Waals surface area contributed by atoms with E-state index in [2.05, 4.69) is 67.3 Å². The molecule has 3 aromatic rings. The number of nitrogens with two attached hydrogens (primary N) is 1. The van der Waals surface area contributed by atoms with Crippen molar-refractivity contribution >= 4 is 27.1 Å². The lowest BCUT2D eigenvalue weighted by atomic mass is 9.87. The highest BCUT2D eigenvalue weighted by Crippen LogP contribution is 2.37. The van der Waals surface area contributed by atoms with Crippen LogP contribution in [0, 0.1) is 11.3 Å². The minimum Gasteiger partial charge on any atom is -0.405 e. The Labute approximate surface area is 160 Å². The maximum atomic E-state index is 9.30. The van der Waals surface area contributed by atoms with Gasteiger partial charge in [-0.3, -0.25) is 0 Å². The minimum absolute atomic E-state index is 0.565. The van der Waals surface area contributed by atoms with Gasteiger partial charge in [-0.15, -0.1) is 0 Å². The molecule has 0 aliphatic heterocycles. The number of nitrogens with zero attached hydrogens (tertiary/aromatic N) is 1. The van der Waals surface area contributed by atoms with Crippen LogP contribution in [0.3, 0.4) is 0 Å². The molecular weight excluding hydrogens is 328 g/mol. The second kappa shape index (κ2) is 8.21. The summed E-state index contributed by atoms with van der Waals surface area (Å²) >= 11 is 0. The number of allylic oxidation sites excluding steroid dienone is 6. The third-order valence-corrected chi connectivity index (χ3v) is 4.79. The first kappa shape index (κ1) is 18.2. The lowest BCUT2D eigenvalue weighted by Crippen LogP contribution is -1.95. The van der Waals surface area contributed by atoms with E-state index in [4.69, 9.17) is 5.73 Å². The Bertz CT molecular complexity index is 1080. The summed E-state index contributed by atoms with van der Waals surface area (Å²) in [4.78, 5) is 0. The smallest absolute Gasteiger partial charge is 0.0988 e. The molecule has 132 valence electrons. The number of hydrogen-bond acceptors (Lipinski definition) is 2. The van der Waals surface area contributed by atoms with Gasteiger partial charge in [-0.25, -0.2) is 0 Å². The van der Waals surface area contributed by atoms with E-state index in [1.807, 2.05) is 19.1 Å². The van der Waals surface area contributed by atoms with Crippen molar-refractivity contribution in [2.75, 3.05) is 0 Å². The maximum Gasteiger partial charge on any atom is 0.0988 e. The number of fused-ring (bicyclic) bond motifs is 2. The average Bonchev–Trinajstić information content (AvgIpc) is 2.72. The van der Waals surface area contributed by atoms with Gasteiger partial charge in [0.15, 0.2) is 0 Å². The van der Waals surface area contributed by atoms with Crippen LogP contribution in [0.5, 0.6) is 0 Å². The molecule has 0 saturated carbocycles. The molecule has 0 aliphatic carbocycles. The van der Waals surface area contributed by atoms with Crippen LogP contribution in [-0.4, -0.2) is 0 Å². The van der Waals surface area contributed by atoms with Gasteiger partial charge in [0, 0.05) is 5.57 Å². The summed E-state index contributed by atoms with van der Waals surface area (Å²) in [6.45, 7) is 6.04. The molecule has 0 bridgehead atoms. The molecule has 3 rings (SSSR count). The van der Waals surface area contributed by atoms with Gasteiger partial charge in [-0.2, -0.15) is 5.26 Å². The maximum absolute atomic E-state index is 9.30. The fourth-order valence-electron chi connectivity index (χ4n) is 3.58. The first-order chi connectivity index (χ1) is 13.2. The van der Waals surface area contributed by atoms with Gasteiger partial charge in [0.1, 0.15) is 0 Å². The van der Waals surface area contributed by atoms with Crippen LogP contribution in [0.1, 0.15) is 18.1 Å². The highest BCUT2D eigenvalue weighted by Gasteiger charge is 2.14. The van der Waals surface area contributed by atoms with Crippen LogP contribution in [-0.2, 0) is 6.42 Å². The van der Waals surface area contributed by atoms with Crippen LogP contribution in [0.25, 0.3) is 27.1 Å². The van der Waals surface area contributed by atoms with Crippen molar-refractivity contribution in [3.05, 3.63) is 102 Å². The molecule has 0 saturated heterocycles. The molecule has 2 heteroatoms. The van der Waals surface area contributed by atoms with E-state index in [1.54, 1.807) is 6.08 Å². The summed E-state index contributed by atoms with van der Waals surface area (Å²) in [5.41, 5.74) is 9.55. The second-order valence-corrected chi connectivity index (χ2v) is 6.23. The van der Waals surface area contributed by atoms with Gasteiger partial charge in [-0.05, 0) is 63.9 Å². The SMILES string of the molecule is C=C/C(=C\C)c1c2ccccc2c(C/C=C(C#N)\C=C/N)c2ccccc12. The fourth-order valence-corrected chi connectivity index (χ4v) is 3.58. The summed E-state index contributed by atoms with van der Waals surface area (Å²) in [5.74, 6) is 0. The monoisotopic (exact) mass is 350 g/mol. The van der Waals surface area contributed by atoms with Crippen LogP contribution in [0.15, 0.2) is 91.2 Å². The Hall–Kier alpha value is -3.57. The molecule has 0 unspecified atom stereocenters. The molecule has 0 spiro atoms. The van der Waals surface area contributed by atoms with Crippen LogP contribution in [0.2, 0.25) is 0 Å². The summed E-state index contributed by atoms with van der Waals surface area (Å²) in [5, 5.41) is 14.1. The van der Waals surface area contributed by atoms with E-state index < -0.39 is 0 Å². The zero-order valence-corrected chi connectivity index (χ0v) is 15.4. The van der Waals surface area contributed by atoms with E-state index in [-0.39, 0.29) is 0 Å². The molecule has 0 fully saturated rings. The van der Waals surface area contributed by atoms with Crippen LogP contribution in [0.4, 0.5) is 0 Å². The van der Waals surface area contributed by atoms with Crippen molar-refractivity contribution < 1.29 is 0 Å². The number of hydrogen-bond donors (Lipinski definition) is 1. The molecule has 0 radical (unpaired) electrons. The zero-order valence-electron chi connectivity index (χ0n) is 15.4. The molecule has 27 heavy (non-hydrogen) atoms. The lowest BCUT2D eigenvalue weighted by molar-refractivity contribution is 1.30. The zero-order chi connectivity index (χ0) is 19.2. The van der Waals surface area contributed by atoms with Crippen molar-refractivity contribution in [1.29, 1.82) is 5.26 Å². The van der Waals surface area contributed by atoms with Crippen molar-refractivity contribution in [3.63, 3.8) is 0 Å². The Kier molecular flexibility index (Phi) is 5.54. The highest BCUT2D eigenvalue weighted by atomic mass is 14.5. The quantitative estimate of drug-likeness (QED) is 0.346. The first-order valence-electron chi connectivity index (χ1n) is 8.95. The summed E-state index contributed by atoms with van der Waals surface area (Å²) in [6, 6.07) is 19.0. The van der Waals surface area contributed by atoms with E-state index >= 15 is 0 Å². The van der Waals surface area contributed by atoms with Gasteiger partial charge in [0.05, 0.1) is 6.07 Å². The van der Waals surface area contributed by atoms with Crippen LogP contribution >= 0.6 is 0 Å². The molecular formula is C25H22N2. The minimum atomic E-state index is 0.565. The summed E-state index contributed by atoms with van der Waals surface area (Å²) in [7, 11) is 0. The van der Waals surface area contributed by atoms with E-state index in [0.29, 0.717) is 12.0 Å². The molecule has 0 heterocycles. The lowest BCUT2D eigenvalue weighted by Gasteiger charge is -2.17. The Morgan fingerprint density at radius 3 is 2.04 bits per heavy atom. The van der Waals surface area contributed by atoms with Gasteiger partial charge >= 0.3 is 0 Å². The van der Waals surface area contributed by atoms with E-state index in [1.165, 1.54) is 38.9 Å². The largest absolute Gasteiger partial charge is 0.405 e.